The molecule has 4 rings (SSSR count). The number of aromatic nitrogens is 2. The zero-order valence-corrected chi connectivity index (χ0v) is 21.4. The van der Waals surface area contributed by atoms with Crippen LogP contribution in [0.1, 0.15) is 36.4 Å². The minimum atomic E-state index is -0.222. The summed E-state index contributed by atoms with van der Waals surface area (Å²) in [7, 11) is 4.89. The number of hydrogen-bond acceptors (Lipinski definition) is 7. The van der Waals surface area contributed by atoms with Crippen molar-refractivity contribution in [3.8, 4) is 22.9 Å². The third-order valence-corrected chi connectivity index (χ3v) is 6.37. The van der Waals surface area contributed by atoms with Crippen LogP contribution in [0, 0.1) is 6.92 Å². The van der Waals surface area contributed by atoms with E-state index >= 15 is 0 Å². The van der Waals surface area contributed by atoms with Crippen molar-refractivity contribution >= 4 is 22.9 Å². The molecule has 0 bridgehead atoms. The third-order valence-electron chi connectivity index (χ3n) is 6.04. The highest BCUT2D eigenvalue weighted by Crippen LogP contribution is 2.38. The van der Waals surface area contributed by atoms with Crippen LogP contribution in [0.4, 0.5) is 0 Å². The van der Waals surface area contributed by atoms with Crippen LogP contribution in [-0.4, -0.2) is 54.6 Å². The maximum absolute atomic E-state index is 5.82. The maximum atomic E-state index is 5.82. The number of hydrogen-bond donors (Lipinski definition) is 1. The van der Waals surface area contributed by atoms with E-state index in [-0.39, 0.29) is 6.04 Å². The van der Waals surface area contributed by atoms with Crippen molar-refractivity contribution in [2.75, 3.05) is 34.5 Å². The molecule has 35 heavy (non-hydrogen) atoms. The fourth-order valence-corrected chi connectivity index (χ4v) is 4.48. The highest BCUT2D eigenvalue weighted by Gasteiger charge is 2.34. The molecule has 1 aliphatic rings. The molecule has 2 aromatic carbocycles. The van der Waals surface area contributed by atoms with Crippen molar-refractivity contribution in [1.29, 1.82) is 0 Å². The molecule has 1 aromatic heterocycles. The van der Waals surface area contributed by atoms with Gasteiger partial charge in [0.25, 0.3) is 5.89 Å². The Morgan fingerprint density at radius 2 is 1.77 bits per heavy atom. The Kier molecular flexibility index (Phi) is 7.67. The van der Waals surface area contributed by atoms with E-state index in [1.54, 1.807) is 21.3 Å². The van der Waals surface area contributed by atoms with Gasteiger partial charge in [-0.25, -0.2) is 0 Å². The van der Waals surface area contributed by atoms with Crippen LogP contribution in [0.3, 0.4) is 0 Å². The van der Waals surface area contributed by atoms with Crippen molar-refractivity contribution in [3.05, 3.63) is 65.2 Å². The molecule has 0 saturated carbocycles. The molecular weight excluding hydrogens is 464 g/mol. The first-order valence-electron chi connectivity index (χ1n) is 11.4. The molecule has 1 aliphatic heterocycles. The summed E-state index contributed by atoms with van der Waals surface area (Å²) in [6.07, 6.45) is 0.832. The largest absolute Gasteiger partial charge is 0.493 e. The second-order valence-electron chi connectivity index (χ2n) is 8.28. The van der Waals surface area contributed by atoms with Gasteiger partial charge >= 0.3 is 0 Å². The lowest BCUT2D eigenvalue weighted by Crippen LogP contribution is -2.46. The predicted octanol–water partition coefficient (Wildman–Crippen LogP) is 4.76. The molecule has 1 unspecified atom stereocenters. The highest BCUT2D eigenvalue weighted by atomic mass is 32.1. The van der Waals surface area contributed by atoms with Gasteiger partial charge in [-0.3, -0.25) is 0 Å². The summed E-state index contributed by atoms with van der Waals surface area (Å²) in [5, 5.41) is 8.42. The standard InChI is InChI=1S/C26H30N4O4S/c1-16-7-9-18(10-8-16)23-22(17(2)30(26(35)27-23)13-6-14-31-3)25-28-24(29-34-25)19-11-12-20(32-4)21(15-19)33-5/h7-12,15,23H,6,13-14H2,1-5H3,(H,27,35). The lowest BCUT2D eigenvalue weighted by molar-refractivity contribution is 0.188. The average Bonchev–Trinajstić information content (AvgIpc) is 3.35. The van der Waals surface area contributed by atoms with Crippen molar-refractivity contribution in [2.45, 2.75) is 26.3 Å². The summed E-state index contributed by atoms with van der Waals surface area (Å²) in [4.78, 5) is 6.83. The first kappa shape index (κ1) is 24.7. The van der Waals surface area contributed by atoms with Gasteiger partial charge in [0.15, 0.2) is 16.6 Å². The zero-order chi connectivity index (χ0) is 24.9. The summed E-state index contributed by atoms with van der Waals surface area (Å²) in [5.74, 6) is 2.13. The van der Waals surface area contributed by atoms with Crippen molar-refractivity contribution in [3.63, 3.8) is 0 Å². The van der Waals surface area contributed by atoms with Gasteiger partial charge in [-0.2, -0.15) is 4.98 Å². The lowest BCUT2D eigenvalue weighted by atomic mass is 9.94. The molecule has 1 atom stereocenters. The van der Waals surface area contributed by atoms with E-state index in [1.165, 1.54) is 5.56 Å². The van der Waals surface area contributed by atoms with E-state index in [0.717, 1.165) is 28.8 Å². The van der Waals surface area contributed by atoms with Crippen LogP contribution in [0.2, 0.25) is 0 Å². The fraction of sp³-hybridized carbons (Fsp3) is 0.346. The van der Waals surface area contributed by atoms with Crippen LogP contribution >= 0.6 is 12.2 Å². The monoisotopic (exact) mass is 494 g/mol. The minimum Gasteiger partial charge on any atom is -0.493 e. The van der Waals surface area contributed by atoms with Crippen molar-refractivity contribution < 1.29 is 18.7 Å². The van der Waals surface area contributed by atoms with E-state index in [0.29, 0.717) is 41.5 Å². The van der Waals surface area contributed by atoms with Gasteiger partial charge in [-0.15, -0.1) is 0 Å². The summed E-state index contributed by atoms with van der Waals surface area (Å²) < 4.78 is 21.8. The molecule has 0 fully saturated rings. The first-order valence-corrected chi connectivity index (χ1v) is 11.8. The smallest absolute Gasteiger partial charge is 0.258 e. The number of nitrogens with one attached hydrogen (secondary N) is 1. The van der Waals surface area contributed by atoms with E-state index in [4.69, 9.17) is 35.9 Å². The molecular formula is C26H30N4O4S. The first-order chi connectivity index (χ1) is 17.0. The molecule has 9 heteroatoms. The number of thiocarbonyl (C=S) groups is 1. The van der Waals surface area contributed by atoms with Gasteiger partial charge in [0.05, 0.1) is 25.8 Å². The number of ether oxygens (including phenoxy) is 3. The molecule has 8 nitrogen and oxygen atoms in total. The van der Waals surface area contributed by atoms with E-state index in [2.05, 4.69) is 46.6 Å². The Morgan fingerprint density at radius 3 is 2.46 bits per heavy atom. The van der Waals surface area contributed by atoms with Crippen LogP contribution < -0.4 is 14.8 Å². The highest BCUT2D eigenvalue weighted by molar-refractivity contribution is 7.80. The fourth-order valence-electron chi connectivity index (χ4n) is 4.13. The van der Waals surface area contributed by atoms with E-state index in [9.17, 15) is 0 Å². The van der Waals surface area contributed by atoms with E-state index in [1.807, 2.05) is 25.1 Å². The third kappa shape index (κ3) is 5.16. The van der Waals surface area contributed by atoms with Gasteiger partial charge in [0.2, 0.25) is 5.82 Å². The lowest BCUT2D eigenvalue weighted by Gasteiger charge is -2.37. The molecule has 0 aliphatic carbocycles. The number of aryl methyl sites for hydroxylation is 1. The summed E-state index contributed by atoms with van der Waals surface area (Å²) in [6, 6.07) is 13.7. The Bertz CT molecular complexity index is 1220. The molecule has 1 N–H and O–H groups in total. The van der Waals surface area contributed by atoms with Gasteiger partial charge < -0.3 is 29.0 Å². The second kappa shape index (κ2) is 10.9. The molecule has 3 aromatic rings. The number of benzene rings is 2. The Morgan fingerprint density at radius 1 is 1.03 bits per heavy atom. The molecule has 0 radical (unpaired) electrons. The van der Waals surface area contributed by atoms with Crippen LogP contribution in [-0.2, 0) is 4.74 Å². The Labute approximate surface area is 210 Å². The molecule has 0 amide bonds. The zero-order valence-electron chi connectivity index (χ0n) is 20.6. The van der Waals surface area contributed by atoms with Gasteiger partial charge in [0, 0.05) is 31.5 Å². The Balaban J connectivity index is 1.76. The number of methoxy groups -OCH3 is 3. The van der Waals surface area contributed by atoms with Gasteiger partial charge in [-0.05, 0) is 56.2 Å². The van der Waals surface area contributed by atoms with Gasteiger partial charge in [0.1, 0.15) is 0 Å². The number of nitrogens with zero attached hydrogens (tertiary/aromatic N) is 3. The molecule has 2 heterocycles. The van der Waals surface area contributed by atoms with E-state index < -0.39 is 0 Å². The van der Waals surface area contributed by atoms with Gasteiger partial charge in [-0.1, -0.05) is 35.0 Å². The van der Waals surface area contributed by atoms with Crippen molar-refractivity contribution in [2.24, 2.45) is 0 Å². The predicted molar refractivity (Wildman–Crippen MR) is 138 cm³/mol. The topological polar surface area (TPSA) is 81.9 Å². The summed E-state index contributed by atoms with van der Waals surface area (Å²) in [6.45, 7) is 5.46. The minimum absolute atomic E-state index is 0.222. The normalized spacial score (nSPS) is 15.9. The number of rotatable bonds is 9. The SMILES string of the molecule is COCCCN1C(=S)NC(c2ccc(C)cc2)C(c2nc(-c3ccc(OC)c(OC)c3)no2)=C1C. The van der Waals surface area contributed by atoms with Crippen molar-refractivity contribution in [1.82, 2.24) is 20.4 Å². The quantitative estimate of drug-likeness (QED) is 0.334. The molecule has 184 valence electrons. The number of allylic oxidation sites excluding steroid dienone is 1. The second-order valence-corrected chi connectivity index (χ2v) is 8.67. The van der Waals surface area contributed by atoms with Crippen LogP contribution in [0.25, 0.3) is 17.0 Å². The Hall–Kier alpha value is -3.43. The van der Waals surface area contributed by atoms with Crippen LogP contribution in [0.15, 0.2) is 52.7 Å². The molecule has 0 spiro atoms. The average molecular weight is 495 g/mol. The molecule has 0 saturated heterocycles. The summed E-state index contributed by atoms with van der Waals surface area (Å²) >= 11 is 5.74. The maximum Gasteiger partial charge on any atom is 0.258 e. The summed E-state index contributed by atoms with van der Waals surface area (Å²) in [5.41, 5.74) is 4.87. The van der Waals surface area contributed by atoms with Crippen LogP contribution in [0.5, 0.6) is 11.5 Å².